The largest absolute Gasteiger partial charge is 0.375 e. The maximum Gasteiger partial charge on any atom is 0.248 e. The van der Waals surface area contributed by atoms with Crippen LogP contribution in [0.3, 0.4) is 0 Å². The summed E-state index contributed by atoms with van der Waals surface area (Å²) in [6, 6.07) is 0.721. The van der Waals surface area contributed by atoms with Crippen LogP contribution >= 0.6 is 0 Å². The lowest BCUT2D eigenvalue weighted by molar-refractivity contribution is -0.135. The van der Waals surface area contributed by atoms with Crippen molar-refractivity contribution in [2.75, 3.05) is 33.9 Å². The van der Waals surface area contributed by atoms with Gasteiger partial charge in [0, 0.05) is 57.3 Å². The van der Waals surface area contributed by atoms with Crippen LogP contribution in [0.25, 0.3) is 0 Å². The molecule has 2 saturated heterocycles. The minimum Gasteiger partial charge on any atom is -0.375 e. The molecule has 2 aliphatic carbocycles. The highest BCUT2D eigenvalue weighted by molar-refractivity contribution is 5.82. The molecule has 32 heavy (non-hydrogen) atoms. The van der Waals surface area contributed by atoms with Gasteiger partial charge in [0.2, 0.25) is 11.8 Å². The zero-order valence-corrected chi connectivity index (χ0v) is 19.9. The second kappa shape index (κ2) is 10.3. The number of amides is 2. The molecule has 2 amide bonds. The van der Waals surface area contributed by atoms with E-state index in [0.717, 1.165) is 51.6 Å². The number of nitrogens with zero attached hydrogens (tertiary/aromatic N) is 2. The number of methoxy groups -OCH3 is 1. The smallest absolute Gasteiger partial charge is 0.248 e. The van der Waals surface area contributed by atoms with Crippen LogP contribution in [0.5, 0.6) is 0 Å². The number of fused-ring (bicyclic) bond motifs is 1. The lowest BCUT2D eigenvalue weighted by Gasteiger charge is -2.36. The van der Waals surface area contributed by atoms with E-state index >= 15 is 0 Å². The molecule has 0 radical (unpaired) electrons. The van der Waals surface area contributed by atoms with Crippen LogP contribution in [0.15, 0.2) is 0 Å². The summed E-state index contributed by atoms with van der Waals surface area (Å²) < 4.78 is 19.4. The molecular formula is C24H41FN4O3. The van der Waals surface area contributed by atoms with E-state index in [1.165, 1.54) is 0 Å². The molecule has 4 aliphatic rings. The monoisotopic (exact) mass is 452 g/mol. The number of rotatable bonds is 6. The van der Waals surface area contributed by atoms with Crippen molar-refractivity contribution in [3.8, 4) is 0 Å². The van der Waals surface area contributed by atoms with Gasteiger partial charge in [0.1, 0.15) is 12.8 Å². The number of halogens is 1. The Bertz CT molecular complexity index is 662. The Kier molecular flexibility index (Phi) is 7.73. The average molecular weight is 453 g/mol. The molecule has 2 aliphatic heterocycles. The Morgan fingerprint density at radius 2 is 2.00 bits per heavy atom. The fourth-order valence-corrected chi connectivity index (χ4v) is 6.57. The fourth-order valence-electron chi connectivity index (χ4n) is 6.57. The normalized spacial score (nSPS) is 40.1. The summed E-state index contributed by atoms with van der Waals surface area (Å²) in [5.74, 6) is 0.491. The summed E-state index contributed by atoms with van der Waals surface area (Å²) in [7, 11) is 3.42. The minimum absolute atomic E-state index is 0.0204. The van der Waals surface area contributed by atoms with Gasteiger partial charge in [-0.1, -0.05) is 6.92 Å². The Morgan fingerprint density at radius 3 is 2.75 bits per heavy atom. The van der Waals surface area contributed by atoms with Crippen molar-refractivity contribution in [3.05, 3.63) is 0 Å². The third kappa shape index (κ3) is 5.12. The molecule has 0 bridgehead atoms. The molecule has 7 nitrogen and oxygen atoms in total. The molecule has 2 saturated carbocycles. The molecule has 4 rings (SSSR count). The zero-order chi connectivity index (χ0) is 22.8. The molecule has 0 aromatic carbocycles. The number of alkyl halides is 1. The van der Waals surface area contributed by atoms with E-state index in [1.54, 1.807) is 7.11 Å². The third-order valence-corrected chi connectivity index (χ3v) is 8.57. The van der Waals surface area contributed by atoms with Gasteiger partial charge in [0.05, 0.1) is 6.04 Å². The molecule has 182 valence electrons. The van der Waals surface area contributed by atoms with E-state index in [1.807, 2.05) is 11.9 Å². The van der Waals surface area contributed by atoms with Crippen LogP contribution in [0.2, 0.25) is 0 Å². The number of ether oxygens (including phenoxy) is 1. The van der Waals surface area contributed by atoms with Crippen LogP contribution in [-0.2, 0) is 14.3 Å². The van der Waals surface area contributed by atoms with Gasteiger partial charge >= 0.3 is 0 Å². The summed E-state index contributed by atoms with van der Waals surface area (Å²) in [6.07, 6.45) is 6.55. The molecular weight excluding hydrogens is 411 g/mol. The number of carbonyl (C=O) groups is 2. The predicted octanol–water partition coefficient (Wildman–Crippen LogP) is 1.71. The van der Waals surface area contributed by atoms with Gasteiger partial charge in [-0.05, 0) is 57.3 Å². The fraction of sp³-hybridized carbons (Fsp3) is 0.917. The molecule has 8 heteroatoms. The van der Waals surface area contributed by atoms with E-state index in [2.05, 4.69) is 22.5 Å². The van der Waals surface area contributed by atoms with Gasteiger partial charge in [0.15, 0.2) is 0 Å². The van der Waals surface area contributed by atoms with Crippen LogP contribution in [0.4, 0.5) is 4.39 Å². The third-order valence-electron chi connectivity index (χ3n) is 8.57. The highest BCUT2D eigenvalue weighted by Crippen LogP contribution is 2.38. The van der Waals surface area contributed by atoms with E-state index in [4.69, 9.17) is 4.74 Å². The zero-order valence-electron chi connectivity index (χ0n) is 19.9. The van der Waals surface area contributed by atoms with Crippen LogP contribution in [0.1, 0.15) is 58.3 Å². The summed E-state index contributed by atoms with van der Waals surface area (Å²) in [5.41, 5.74) is 0. The summed E-state index contributed by atoms with van der Waals surface area (Å²) in [5, 5.41) is 6.75. The van der Waals surface area contributed by atoms with Gasteiger partial charge < -0.3 is 20.3 Å². The van der Waals surface area contributed by atoms with Gasteiger partial charge in [-0.25, -0.2) is 4.39 Å². The molecule has 2 N–H and O–H groups in total. The minimum atomic E-state index is -0.780. The van der Waals surface area contributed by atoms with Crippen molar-refractivity contribution in [1.82, 2.24) is 20.4 Å². The first-order chi connectivity index (χ1) is 15.4. The predicted molar refractivity (Wildman–Crippen MR) is 121 cm³/mol. The highest BCUT2D eigenvalue weighted by atomic mass is 19.1. The van der Waals surface area contributed by atoms with Crippen molar-refractivity contribution in [3.63, 3.8) is 0 Å². The molecule has 8 atom stereocenters. The van der Waals surface area contributed by atoms with E-state index in [0.29, 0.717) is 24.8 Å². The summed E-state index contributed by atoms with van der Waals surface area (Å²) >= 11 is 0. The number of likely N-dealkylation sites (N-methyl/N-ethyl adjacent to an activating group) is 1. The van der Waals surface area contributed by atoms with Crippen LogP contribution in [-0.4, -0.2) is 91.8 Å². The SMILES string of the molecule is COCC(=O)N(C)C1CCN([C@H]2CCC[C@@H](NC(=O)C3CC4C(F)CCC(C)C4N3)C2)C1. The second-order valence-corrected chi connectivity index (χ2v) is 10.6. The molecule has 0 spiro atoms. The number of hydrogen-bond acceptors (Lipinski definition) is 5. The lowest BCUT2D eigenvalue weighted by Crippen LogP contribution is -2.51. The Hall–Kier alpha value is -1.25. The van der Waals surface area contributed by atoms with Gasteiger partial charge in [-0.15, -0.1) is 0 Å². The van der Waals surface area contributed by atoms with E-state index in [-0.39, 0.29) is 48.5 Å². The molecule has 6 unspecified atom stereocenters. The van der Waals surface area contributed by atoms with E-state index in [9.17, 15) is 14.0 Å². The van der Waals surface area contributed by atoms with Crippen molar-refractivity contribution in [2.45, 2.75) is 94.7 Å². The first-order valence-corrected chi connectivity index (χ1v) is 12.6. The maximum absolute atomic E-state index is 14.4. The van der Waals surface area contributed by atoms with Crippen molar-refractivity contribution in [2.24, 2.45) is 11.8 Å². The Morgan fingerprint density at radius 1 is 1.19 bits per heavy atom. The van der Waals surface area contributed by atoms with Crippen molar-refractivity contribution in [1.29, 1.82) is 0 Å². The first kappa shape index (κ1) is 23.9. The van der Waals surface area contributed by atoms with E-state index < -0.39 is 6.17 Å². The molecule has 4 fully saturated rings. The maximum atomic E-state index is 14.4. The number of carbonyl (C=O) groups excluding carboxylic acids is 2. The molecule has 0 aromatic heterocycles. The second-order valence-electron chi connectivity index (χ2n) is 10.6. The Balaban J connectivity index is 1.27. The average Bonchev–Trinajstić information content (AvgIpc) is 3.45. The van der Waals surface area contributed by atoms with Gasteiger partial charge in [0.25, 0.3) is 0 Å². The van der Waals surface area contributed by atoms with Crippen LogP contribution in [0, 0.1) is 11.8 Å². The highest BCUT2D eigenvalue weighted by Gasteiger charge is 2.46. The van der Waals surface area contributed by atoms with Gasteiger partial charge in [-0.3, -0.25) is 14.5 Å². The molecule has 2 heterocycles. The Labute approximate surface area is 191 Å². The lowest BCUT2D eigenvalue weighted by atomic mass is 9.77. The molecule has 0 aromatic rings. The van der Waals surface area contributed by atoms with Gasteiger partial charge in [-0.2, -0.15) is 0 Å². The quantitative estimate of drug-likeness (QED) is 0.642. The summed E-state index contributed by atoms with van der Waals surface area (Å²) in [6.45, 7) is 4.18. The number of nitrogens with one attached hydrogen (secondary N) is 2. The topological polar surface area (TPSA) is 73.9 Å². The van der Waals surface area contributed by atoms with Crippen molar-refractivity contribution < 1.29 is 18.7 Å². The first-order valence-electron chi connectivity index (χ1n) is 12.6. The summed E-state index contributed by atoms with van der Waals surface area (Å²) in [4.78, 5) is 29.5. The number of likely N-dealkylation sites (tertiary alicyclic amines) is 1. The standard InChI is InChI=1S/C24H41FN4O3/c1-15-7-8-20(25)19-12-21(27-23(15)19)24(31)26-16-5-4-6-17(11-16)29-10-9-18(13-29)28(2)22(30)14-32-3/h15-21,23,27H,4-14H2,1-3H3,(H,26,31)/t15?,16-,17+,18?,19?,20?,21?,23?/m1/s1. The van der Waals surface area contributed by atoms with Crippen molar-refractivity contribution >= 4 is 11.8 Å². The van der Waals surface area contributed by atoms with Crippen LogP contribution < -0.4 is 10.6 Å². The number of hydrogen-bond donors (Lipinski definition) is 2.